The molecule has 1 aromatic rings. The van der Waals surface area contributed by atoms with Crippen LogP contribution in [0.4, 0.5) is 5.69 Å². The van der Waals surface area contributed by atoms with E-state index in [0.717, 1.165) is 0 Å². The second-order valence-electron chi connectivity index (χ2n) is 4.68. The third-order valence-corrected chi connectivity index (χ3v) is 4.02. The fourth-order valence-electron chi connectivity index (χ4n) is 1.23. The first-order valence-electron chi connectivity index (χ1n) is 5.63. The molecule has 1 rings (SSSR count). The number of nitrogens with one attached hydrogen (secondary N) is 2. The lowest BCUT2D eigenvalue weighted by Gasteiger charge is -2.20. The molecule has 0 unspecified atom stereocenters. The third-order valence-electron chi connectivity index (χ3n) is 2.67. The zero-order valence-electron chi connectivity index (χ0n) is 11.1. The van der Waals surface area contributed by atoms with Crippen molar-refractivity contribution in [3.05, 3.63) is 18.3 Å². The van der Waals surface area contributed by atoms with Crippen molar-refractivity contribution in [2.24, 2.45) is 11.1 Å². The number of primary amides is 1. The lowest BCUT2D eigenvalue weighted by Crippen LogP contribution is -2.42. The molecule has 0 atom stereocenters. The van der Waals surface area contributed by atoms with E-state index in [1.807, 2.05) is 0 Å². The van der Waals surface area contributed by atoms with Crippen LogP contribution in [0.1, 0.15) is 13.8 Å². The molecule has 0 saturated heterocycles. The van der Waals surface area contributed by atoms with Crippen molar-refractivity contribution in [3.63, 3.8) is 0 Å². The van der Waals surface area contributed by atoms with Gasteiger partial charge in [0.2, 0.25) is 5.91 Å². The second kappa shape index (κ2) is 5.54. The Morgan fingerprint density at radius 2 is 2.11 bits per heavy atom. The lowest BCUT2D eigenvalue weighted by atomic mass is 9.93. The molecule has 0 saturated carbocycles. The minimum atomic E-state index is -3.80. The van der Waals surface area contributed by atoms with Crippen molar-refractivity contribution in [1.29, 1.82) is 0 Å². The zero-order valence-corrected chi connectivity index (χ0v) is 11.9. The first-order valence-corrected chi connectivity index (χ1v) is 7.11. The normalized spacial score (nSPS) is 12.2. The predicted octanol–water partition coefficient (Wildman–Crippen LogP) is -0.0869. The number of hydrogen-bond acceptors (Lipinski definition) is 5. The van der Waals surface area contributed by atoms with Crippen molar-refractivity contribution in [2.45, 2.75) is 18.9 Å². The highest BCUT2D eigenvalue weighted by Gasteiger charge is 2.28. The highest BCUT2D eigenvalue weighted by atomic mass is 32.2. The zero-order chi connectivity index (χ0) is 14.7. The molecule has 1 amide bonds. The van der Waals surface area contributed by atoms with Crippen LogP contribution in [0.2, 0.25) is 0 Å². The van der Waals surface area contributed by atoms with Gasteiger partial charge in [0.05, 0.1) is 11.1 Å². The molecule has 7 nitrogen and oxygen atoms in total. The Labute approximate surface area is 112 Å². The van der Waals surface area contributed by atoms with Gasteiger partial charge in [0, 0.05) is 19.8 Å². The van der Waals surface area contributed by atoms with E-state index < -0.39 is 21.3 Å². The molecule has 0 spiro atoms. The maximum Gasteiger partial charge on any atom is 0.260 e. The van der Waals surface area contributed by atoms with Crippen molar-refractivity contribution in [2.75, 3.05) is 18.9 Å². The Kier molecular flexibility index (Phi) is 4.48. The van der Waals surface area contributed by atoms with Crippen LogP contribution in [0, 0.1) is 5.41 Å². The Morgan fingerprint density at radius 1 is 1.47 bits per heavy atom. The minimum absolute atomic E-state index is 0.0929. The predicted molar refractivity (Wildman–Crippen MR) is 71.9 cm³/mol. The molecular weight excluding hydrogens is 268 g/mol. The molecule has 0 aromatic carbocycles. The topological polar surface area (TPSA) is 114 Å². The van der Waals surface area contributed by atoms with Crippen LogP contribution < -0.4 is 15.8 Å². The van der Waals surface area contributed by atoms with Crippen LogP contribution in [0.5, 0.6) is 0 Å². The van der Waals surface area contributed by atoms with E-state index >= 15 is 0 Å². The molecule has 0 aliphatic rings. The fraction of sp³-hybridized carbons (Fsp3) is 0.455. The maximum absolute atomic E-state index is 12.1. The van der Waals surface area contributed by atoms with E-state index in [1.54, 1.807) is 33.0 Å². The highest BCUT2D eigenvalue weighted by molar-refractivity contribution is 7.89. The molecule has 0 radical (unpaired) electrons. The summed E-state index contributed by atoms with van der Waals surface area (Å²) in [6.45, 7) is 3.04. The molecule has 0 aliphatic carbocycles. The third kappa shape index (κ3) is 3.65. The summed E-state index contributed by atoms with van der Waals surface area (Å²) < 4.78 is 26.6. The van der Waals surface area contributed by atoms with Gasteiger partial charge in [-0.2, -0.15) is 0 Å². The van der Waals surface area contributed by atoms with Crippen LogP contribution >= 0.6 is 0 Å². The molecule has 0 bridgehead atoms. The van der Waals surface area contributed by atoms with Gasteiger partial charge in [-0.3, -0.25) is 4.79 Å². The van der Waals surface area contributed by atoms with Crippen LogP contribution in [-0.2, 0) is 14.8 Å². The summed E-state index contributed by atoms with van der Waals surface area (Å²) >= 11 is 0. The number of sulfonamides is 1. The molecule has 0 fully saturated rings. The minimum Gasteiger partial charge on any atom is -0.386 e. The summed E-state index contributed by atoms with van der Waals surface area (Å²) in [5, 5.41) is 2.64. The van der Waals surface area contributed by atoms with Crippen LogP contribution in [0.15, 0.2) is 23.4 Å². The van der Waals surface area contributed by atoms with Gasteiger partial charge in [0.15, 0.2) is 5.03 Å². The van der Waals surface area contributed by atoms with Crippen molar-refractivity contribution >= 4 is 21.6 Å². The number of nitrogens with two attached hydrogens (primary N) is 1. The average Bonchev–Trinajstić information content (AvgIpc) is 2.36. The standard InChI is InChI=1S/C11H18N4O3S/c1-11(2,10(12)16)7-15-19(17,18)9-8(13-3)5-4-6-14-9/h4-6,13,15H,7H2,1-3H3,(H2,12,16). The summed E-state index contributed by atoms with van der Waals surface area (Å²) in [6.07, 6.45) is 1.38. The quantitative estimate of drug-likeness (QED) is 0.676. The molecule has 1 heterocycles. The van der Waals surface area contributed by atoms with Crippen LogP contribution in [0.25, 0.3) is 0 Å². The van der Waals surface area contributed by atoms with Gasteiger partial charge in [-0.15, -0.1) is 0 Å². The molecule has 106 valence electrons. The van der Waals surface area contributed by atoms with Gasteiger partial charge in [-0.25, -0.2) is 18.1 Å². The summed E-state index contributed by atoms with van der Waals surface area (Å²) in [6, 6.07) is 3.22. The van der Waals surface area contributed by atoms with Crippen LogP contribution in [-0.4, -0.2) is 32.9 Å². The smallest absolute Gasteiger partial charge is 0.260 e. The highest BCUT2D eigenvalue weighted by Crippen LogP contribution is 2.19. The SMILES string of the molecule is CNc1cccnc1S(=O)(=O)NCC(C)(C)C(N)=O. The van der Waals surface area contributed by atoms with E-state index in [0.29, 0.717) is 5.69 Å². The van der Waals surface area contributed by atoms with E-state index in [2.05, 4.69) is 15.0 Å². The Balaban J connectivity index is 2.97. The first kappa shape index (κ1) is 15.4. The van der Waals surface area contributed by atoms with E-state index in [1.165, 1.54) is 6.20 Å². The van der Waals surface area contributed by atoms with Gasteiger partial charge in [-0.1, -0.05) is 0 Å². The Morgan fingerprint density at radius 3 is 2.63 bits per heavy atom. The van der Waals surface area contributed by atoms with E-state index in [9.17, 15) is 13.2 Å². The second-order valence-corrected chi connectivity index (χ2v) is 6.36. The number of aromatic nitrogens is 1. The van der Waals surface area contributed by atoms with Gasteiger partial charge in [-0.05, 0) is 26.0 Å². The van der Waals surface area contributed by atoms with Crippen molar-refractivity contribution in [1.82, 2.24) is 9.71 Å². The lowest BCUT2D eigenvalue weighted by molar-refractivity contribution is -0.125. The van der Waals surface area contributed by atoms with Gasteiger partial charge in [0.1, 0.15) is 0 Å². The molecule has 8 heteroatoms. The monoisotopic (exact) mass is 286 g/mol. The Bertz CT molecular complexity index is 569. The molecule has 1 aromatic heterocycles. The van der Waals surface area contributed by atoms with Crippen molar-refractivity contribution in [3.8, 4) is 0 Å². The number of pyridine rings is 1. The average molecular weight is 286 g/mol. The number of hydrogen-bond donors (Lipinski definition) is 3. The van der Waals surface area contributed by atoms with E-state index in [4.69, 9.17) is 5.73 Å². The number of carbonyl (C=O) groups excluding carboxylic acids is 1. The first-order chi connectivity index (χ1) is 8.70. The largest absolute Gasteiger partial charge is 0.386 e. The summed E-state index contributed by atoms with van der Waals surface area (Å²) in [5.41, 5.74) is 4.60. The molecule has 4 N–H and O–H groups in total. The summed E-state index contributed by atoms with van der Waals surface area (Å²) in [5.74, 6) is -0.579. The number of carbonyl (C=O) groups is 1. The number of rotatable bonds is 6. The number of nitrogens with zero attached hydrogens (tertiary/aromatic N) is 1. The van der Waals surface area contributed by atoms with Gasteiger partial charge >= 0.3 is 0 Å². The van der Waals surface area contributed by atoms with Crippen molar-refractivity contribution < 1.29 is 13.2 Å². The van der Waals surface area contributed by atoms with Gasteiger partial charge < -0.3 is 11.1 Å². The summed E-state index contributed by atoms with van der Waals surface area (Å²) in [4.78, 5) is 15.0. The molecule has 0 aliphatic heterocycles. The summed E-state index contributed by atoms with van der Waals surface area (Å²) in [7, 11) is -2.20. The van der Waals surface area contributed by atoms with Gasteiger partial charge in [0.25, 0.3) is 10.0 Å². The number of anilines is 1. The van der Waals surface area contributed by atoms with Crippen LogP contribution in [0.3, 0.4) is 0 Å². The number of amides is 1. The Hall–Kier alpha value is -1.67. The molecular formula is C11H18N4O3S. The molecule has 19 heavy (non-hydrogen) atoms. The van der Waals surface area contributed by atoms with E-state index in [-0.39, 0.29) is 11.6 Å². The fourth-order valence-corrected chi connectivity index (χ4v) is 2.57. The maximum atomic E-state index is 12.1.